The van der Waals surface area contributed by atoms with Crippen LogP contribution in [0, 0.1) is 20.8 Å². The predicted molar refractivity (Wildman–Crippen MR) is 79.0 cm³/mol. The van der Waals surface area contributed by atoms with Crippen molar-refractivity contribution >= 4 is 10.9 Å². The Kier molecular flexibility index (Phi) is 3.29. The Bertz CT molecular complexity index is 690. The summed E-state index contributed by atoms with van der Waals surface area (Å²) in [6.07, 6.45) is 0. The fourth-order valence-electron chi connectivity index (χ4n) is 2.79. The zero-order valence-corrected chi connectivity index (χ0v) is 12.9. The van der Waals surface area contributed by atoms with Crippen molar-refractivity contribution in [3.05, 3.63) is 27.3 Å². The molecule has 19 heavy (non-hydrogen) atoms. The number of nitrogens with zero attached hydrogens (tertiary/aromatic N) is 3. The van der Waals surface area contributed by atoms with Gasteiger partial charge in [-0.2, -0.15) is 5.10 Å². The lowest BCUT2D eigenvalue weighted by Gasteiger charge is -2.16. The largest absolute Gasteiger partial charge is 0.309 e. The highest BCUT2D eigenvalue weighted by Gasteiger charge is 2.20. The van der Waals surface area contributed by atoms with E-state index in [4.69, 9.17) is 0 Å². The molecule has 4 heteroatoms. The lowest BCUT2D eigenvalue weighted by molar-refractivity contribution is 0.524. The van der Waals surface area contributed by atoms with Gasteiger partial charge in [-0.25, -0.2) is 0 Å². The van der Waals surface area contributed by atoms with Gasteiger partial charge in [0.05, 0.1) is 5.39 Å². The maximum atomic E-state index is 12.7. The van der Waals surface area contributed by atoms with Crippen molar-refractivity contribution in [3.8, 4) is 0 Å². The van der Waals surface area contributed by atoms with E-state index in [1.807, 2.05) is 43.9 Å². The van der Waals surface area contributed by atoms with Crippen LogP contribution in [0.5, 0.6) is 0 Å². The van der Waals surface area contributed by atoms with E-state index in [2.05, 4.69) is 18.9 Å². The van der Waals surface area contributed by atoms with E-state index in [1.54, 1.807) is 0 Å². The second-order valence-corrected chi connectivity index (χ2v) is 5.83. The molecule has 0 saturated carbocycles. The Morgan fingerprint density at radius 3 is 2.00 bits per heavy atom. The second kappa shape index (κ2) is 4.51. The van der Waals surface area contributed by atoms with Crippen molar-refractivity contribution in [1.82, 2.24) is 14.3 Å². The average molecular weight is 261 g/mol. The molecule has 0 aliphatic carbocycles. The first-order valence-electron chi connectivity index (χ1n) is 6.87. The second-order valence-electron chi connectivity index (χ2n) is 5.83. The van der Waals surface area contributed by atoms with Crippen LogP contribution in [-0.4, -0.2) is 14.3 Å². The maximum Gasteiger partial charge on any atom is 0.262 e. The zero-order chi connectivity index (χ0) is 14.5. The molecule has 0 atom stereocenters. The van der Waals surface area contributed by atoms with E-state index < -0.39 is 0 Å². The van der Waals surface area contributed by atoms with Crippen LogP contribution in [0.25, 0.3) is 10.9 Å². The van der Waals surface area contributed by atoms with E-state index in [9.17, 15) is 4.79 Å². The molecule has 2 aromatic heterocycles. The number of hydrogen-bond acceptors (Lipinski definition) is 2. The van der Waals surface area contributed by atoms with Crippen LogP contribution in [0.15, 0.2) is 4.79 Å². The van der Waals surface area contributed by atoms with Crippen molar-refractivity contribution in [2.75, 3.05) is 0 Å². The molecule has 0 fully saturated rings. The molecule has 104 valence electrons. The van der Waals surface area contributed by atoms with Gasteiger partial charge in [0.2, 0.25) is 0 Å². The Morgan fingerprint density at radius 1 is 0.947 bits per heavy atom. The normalized spacial score (nSPS) is 12.1. The highest BCUT2D eigenvalue weighted by molar-refractivity contribution is 5.84. The third-order valence-corrected chi connectivity index (χ3v) is 3.85. The molecule has 0 amide bonds. The van der Waals surface area contributed by atoms with Gasteiger partial charge in [0, 0.05) is 23.5 Å². The summed E-state index contributed by atoms with van der Waals surface area (Å²) in [6, 6.07) is 0.427. The van der Waals surface area contributed by atoms with E-state index in [0.29, 0.717) is 0 Å². The number of fused-ring (bicyclic) bond motifs is 1. The summed E-state index contributed by atoms with van der Waals surface area (Å²) in [6.45, 7) is 14.3. The molecule has 0 unspecified atom stereocenters. The van der Waals surface area contributed by atoms with Gasteiger partial charge in [0.1, 0.15) is 5.52 Å². The monoisotopic (exact) mass is 261 g/mol. The van der Waals surface area contributed by atoms with E-state index in [0.717, 1.165) is 27.9 Å². The fourth-order valence-corrected chi connectivity index (χ4v) is 2.79. The minimum Gasteiger partial charge on any atom is -0.309 e. The number of rotatable bonds is 2. The van der Waals surface area contributed by atoms with Crippen LogP contribution in [0.4, 0.5) is 0 Å². The summed E-state index contributed by atoms with van der Waals surface area (Å²) in [5.41, 5.74) is 4.02. The van der Waals surface area contributed by atoms with Gasteiger partial charge < -0.3 is 4.57 Å². The SMILES string of the molecule is Cc1c(C)n(C(C)C)c(=O)c2c(C)n(C(C)C)nc12. The fraction of sp³-hybridized carbons (Fsp3) is 0.600. The van der Waals surface area contributed by atoms with E-state index in [-0.39, 0.29) is 17.6 Å². The Morgan fingerprint density at radius 2 is 1.53 bits per heavy atom. The first-order chi connectivity index (χ1) is 8.77. The molecule has 2 rings (SSSR count). The Hall–Kier alpha value is -1.58. The van der Waals surface area contributed by atoms with Crippen LogP contribution < -0.4 is 5.56 Å². The topological polar surface area (TPSA) is 39.8 Å². The standard InChI is InChI=1S/C15H23N3O/c1-8(2)17-11(6)10(5)14-13(15(17)19)12(7)18(16-14)9(3)4/h8-9H,1-7H3. The molecular weight excluding hydrogens is 238 g/mol. The highest BCUT2D eigenvalue weighted by atomic mass is 16.1. The van der Waals surface area contributed by atoms with Gasteiger partial charge in [-0.05, 0) is 54.0 Å². The van der Waals surface area contributed by atoms with Gasteiger partial charge in [0.25, 0.3) is 5.56 Å². The molecule has 0 bridgehead atoms. The Labute approximate surface area is 114 Å². The molecule has 0 saturated heterocycles. The quantitative estimate of drug-likeness (QED) is 0.832. The third kappa shape index (κ3) is 1.90. The molecule has 0 N–H and O–H groups in total. The lowest BCUT2D eigenvalue weighted by Crippen LogP contribution is -2.25. The number of aromatic nitrogens is 3. The average Bonchev–Trinajstić information content (AvgIpc) is 2.64. The van der Waals surface area contributed by atoms with Crippen molar-refractivity contribution in [3.63, 3.8) is 0 Å². The van der Waals surface area contributed by atoms with Crippen molar-refractivity contribution < 1.29 is 0 Å². The van der Waals surface area contributed by atoms with Crippen LogP contribution >= 0.6 is 0 Å². The van der Waals surface area contributed by atoms with Gasteiger partial charge in [-0.1, -0.05) is 0 Å². The van der Waals surface area contributed by atoms with Crippen molar-refractivity contribution in [2.45, 2.75) is 60.5 Å². The summed E-state index contributed by atoms with van der Waals surface area (Å²) >= 11 is 0. The lowest BCUT2D eigenvalue weighted by atomic mass is 10.1. The van der Waals surface area contributed by atoms with Crippen molar-refractivity contribution in [2.24, 2.45) is 0 Å². The number of aryl methyl sites for hydroxylation is 2. The van der Waals surface area contributed by atoms with Crippen molar-refractivity contribution in [1.29, 1.82) is 0 Å². The molecule has 0 aromatic carbocycles. The predicted octanol–water partition coefficient (Wildman–Crippen LogP) is 3.29. The molecule has 0 aliphatic heterocycles. The number of hydrogen-bond donors (Lipinski definition) is 0. The van der Waals surface area contributed by atoms with E-state index in [1.165, 1.54) is 0 Å². The molecule has 0 spiro atoms. The maximum absolute atomic E-state index is 12.7. The summed E-state index contributed by atoms with van der Waals surface area (Å²) in [7, 11) is 0. The summed E-state index contributed by atoms with van der Waals surface area (Å²) in [5.74, 6) is 0. The van der Waals surface area contributed by atoms with E-state index >= 15 is 0 Å². The zero-order valence-electron chi connectivity index (χ0n) is 12.9. The molecule has 0 aliphatic rings. The number of pyridine rings is 1. The van der Waals surface area contributed by atoms with Crippen LogP contribution in [0.3, 0.4) is 0 Å². The first kappa shape index (κ1) is 13.8. The first-order valence-corrected chi connectivity index (χ1v) is 6.87. The van der Waals surface area contributed by atoms with Crippen LogP contribution in [0.2, 0.25) is 0 Å². The Balaban J connectivity index is 3.00. The van der Waals surface area contributed by atoms with Gasteiger partial charge in [0.15, 0.2) is 0 Å². The van der Waals surface area contributed by atoms with Crippen LogP contribution in [-0.2, 0) is 0 Å². The third-order valence-electron chi connectivity index (χ3n) is 3.85. The molecule has 4 nitrogen and oxygen atoms in total. The summed E-state index contributed by atoms with van der Waals surface area (Å²) < 4.78 is 3.82. The smallest absolute Gasteiger partial charge is 0.262 e. The summed E-state index contributed by atoms with van der Waals surface area (Å²) in [4.78, 5) is 12.7. The van der Waals surface area contributed by atoms with Gasteiger partial charge >= 0.3 is 0 Å². The minimum atomic E-state index is 0.0810. The molecule has 0 radical (unpaired) electrons. The minimum absolute atomic E-state index is 0.0810. The molecule has 2 aromatic rings. The van der Waals surface area contributed by atoms with Gasteiger partial charge in [-0.3, -0.25) is 9.48 Å². The summed E-state index contributed by atoms with van der Waals surface area (Å²) in [5, 5.41) is 5.41. The molecule has 2 heterocycles. The highest BCUT2D eigenvalue weighted by Crippen LogP contribution is 2.24. The van der Waals surface area contributed by atoms with Gasteiger partial charge in [-0.15, -0.1) is 0 Å². The molecular formula is C15H23N3O. The van der Waals surface area contributed by atoms with Crippen LogP contribution in [0.1, 0.15) is 56.7 Å².